The van der Waals surface area contributed by atoms with Gasteiger partial charge in [0.05, 0.1) is 5.71 Å². The quantitative estimate of drug-likeness (QED) is 0.750. The first-order valence-electron chi connectivity index (χ1n) is 5.75. The van der Waals surface area contributed by atoms with Crippen LogP contribution in [-0.4, -0.2) is 18.2 Å². The van der Waals surface area contributed by atoms with Gasteiger partial charge in [0.1, 0.15) is 0 Å². The number of allylic oxidation sites excluding steroid dienone is 3. The summed E-state index contributed by atoms with van der Waals surface area (Å²) in [5, 5.41) is 4.12. The predicted octanol–water partition coefficient (Wildman–Crippen LogP) is 1.25. The monoisotopic (exact) mass is 219 g/mol. The fraction of sp³-hybridized carbons (Fsp3) is 0.500. The molecule has 0 aromatic carbocycles. The summed E-state index contributed by atoms with van der Waals surface area (Å²) in [6.07, 6.45) is 8.70. The van der Waals surface area contributed by atoms with E-state index in [0.29, 0.717) is 13.0 Å². The maximum Gasteiger partial charge on any atom is 0.240 e. The van der Waals surface area contributed by atoms with E-state index in [9.17, 15) is 4.79 Å². The van der Waals surface area contributed by atoms with Crippen LogP contribution in [0.1, 0.15) is 32.1 Å². The number of nitrogens with zero attached hydrogens (tertiary/aromatic N) is 1. The molecule has 1 aliphatic carbocycles. The second kappa shape index (κ2) is 5.07. The van der Waals surface area contributed by atoms with Gasteiger partial charge >= 0.3 is 0 Å². The maximum atomic E-state index is 11.0. The van der Waals surface area contributed by atoms with E-state index < -0.39 is 0 Å². The summed E-state index contributed by atoms with van der Waals surface area (Å²) < 4.78 is 0. The Kier molecular flexibility index (Phi) is 3.51. The summed E-state index contributed by atoms with van der Waals surface area (Å²) in [6, 6.07) is 0. The first-order valence-corrected chi connectivity index (χ1v) is 5.75. The van der Waals surface area contributed by atoms with Gasteiger partial charge in [0.25, 0.3) is 0 Å². The molecule has 0 spiro atoms. The zero-order valence-electron chi connectivity index (χ0n) is 9.33. The van der Waals surface area contributed by atoms with E-state index in [0.717, 1.165) is 31.4 Å². The number of nitrogens with two attached hydrogens (primary N) is 1. The molecule has 0 saturated carbocycles. The molecule has 86 valence electrons. The summed E-state index contributed by atoms with van der Waals surface area (Å²) in [5.74, 6) is 0.0119. The Morgan fingerprint density at radius 2 is 2.25 bits per heavy atom. The minimum Gasteiger partial charge on any atom is -0.330 e. The summed E-state index contributed by atoms with van der Waals surface area (Å²) >= 11 is 0. The first kappa shape index (κ1) is 11.1. The van der Waals surface area contributed by atoms with Gasteiger partial charge in [-0.3, -0.25) is 4.79 Å². The Bertz CT molecular complexity index is 380. The molecule has 0 fully saturated rings. The lowest BCUT2D eigenvalue weighted by molar-refractivity contribution is -0.121. The van der Waals surface area contributed by atoms with Crippen LogP contribution in [-0.2, 0) is 4.79 Å². The summed E-state index contributed by atoms with van der Waals surface area (Å²) in [5.41, 5.74) is 11.7. The van der Waals surface area contributed by atoms with Crippen molar-refractivity contribution in [2.45, 2.75) is 32.1 Å². The molecule has 4 nitrogen and oxygen atoms in total. The summed E-state index contributed by atoms with van der Waals surface area (Å²) in [6.45, 7) is 0.679. The van der Waals surface area contributed by atoms with E-state index in [1.165, 1.54) is 11.1 Å². The molecule has 1 heterocycles. The van der Waals surface area contributed by atoms with Crippen molar-refractivity contribution < 1.29 is 4.79 Å². The number of rotatable bonds is 3. The van der Waals surface area contributed by atoms with Crippen LogP contribution in [0.25, 0.3) is 0 Å². The molecule has 0 radical (unpaired) electrons. The van der Waals surface area contributed by atoms with Gasteiger partial charge in [0.2, 0.25) is 5.91 Å². The second-order valence-electron chi connectivity index (χ2n) is 4.12. The molecule has 0 aromatic rings. The molecule has 0 unspecified atom stereocenters. The fourth-order valence-corrected chi connectivity index (χ4v) is 2.04. The van der Waals surface area contributed by atoms with Gasteiger partial charge < -0.3 is 5.73 Å². The first-order chi connectivity index (χ1) is 7.79. The van der Waals surface area contributed by atoms with Crippen molar-refractivity contribution in [3.8, 4) is 0 Å². The van der Waals surface area contributed by atoms with Crippen molar-refractivity contribution in [3.63, 3.8) is 0 Å². The third-order valence-electron chi connectivity index (χ3n) is 2.89. The molecule has 0 aromatic heterocycles. The number of amides is 1. The fourth-order valence-electron chi connectivity index (χ4n) is 2.04. The SMILES string of the molecule is NCCC1=CCCC(C2=NNC(=O)CC2)=C1. The lowest BCUT2D eigenvalue weighted by Gasteiger charge is -2.18. The molecule has 0 saturated heterocycles. The van der Waals surface area contributed by atoms with Crippen molar-refractivity contribution in [3.05, 3.63) is 23.3 Å². The van der Waals surface area contributed by atoms with Crippen LogP contribution in [0.2, 0.25) is 0 Å². The van der Waals surface area contributed by atoms with E-state index in [1.807, 2.05) is 0 Å². The third kappa shape index (κ3) is 2.58. The number of carbonyl (C=O) groups is 1. The van der Waals surface area contributed by atoms with Gasteiger partial charge in [0.15, 0.2) is 0 Å². The molecule has 0 atom stereocenters. The Hall–Kier alpha value is -1.42. The smallest absolute Gasteiger partial charge is 0.240 e. The van der Waals surface area contributed by atoms with Crippen LogP contribution in [0, 0.1) is 0 Å². The zero-order valence-corrected chi connectivity index (χ0v) is 9.33. The molecule has 16 heavy (non-hydrogen) atoms. The molecular formula is C12H17N3O. The van der Waals surface area contributed by atoms with Crippen molar-refractivity contribution in [2.75, 3.05) is 6.54 Å². The summed E-state index contributed by atoms with van der Waals surface area (Å²) in [4.78, 5) is 11.0. The van der Waals surface area contributed by atoms with Crippen LogP contribution in [0.5, 0.6) is 0 Å². The van der Waals surface area contributed by atoms with Crippen LogP contribution in [0.15, 0.2) is 28.4 Å². The van der Waals surface area contributed by atoms with Crippen LogP contribution in [0.3, 0.4) is 0 Å². The number of nitrogens with one attached hydrogen (secondary N) is 1. The normalized spacial score (nSPS) is 20.8. The van der Waals surface area contributed by atoms with E-state index in [1.54, 1.807) is 0 Å². The van der Waals surface area contributed by atoms with Crippen molar-refractivity contribution >= 4 is 11.6 Å². The molecule has 3 N–H and O–H groups in total. The molecule has 4 heteroatoms. The van der Waals surface area contributed by atoms with E-state index in [-0.39, 0.29) is 5.91 Å². The Morgan fingerprint density at radius 3 is 2.94 bits per heavy atom. The molecule has 1 aliphatic heterocycles. The highest BCUT2D eigenvalue weighted by Gasteiger charge is 2.16. The predicted molar refractivity (Wildman–Crippen MR) is 63.9 cm³/mol. The highest BCUT2D eigenvalue weighted by atomic mass is 16.2. The van der Waals surface area contributed by atoms with Crippen LogP contribution >= 0.6 is 0 Å². The zero-order chi connectivity index (χ0) is 11.4. The van der Waals surface area contributed by atoms with Crippen molar-refractivity contribution in [1.82, 2.24) is 5.43 Å². The summed E-state index contributed by atoms with van der Waals surface area (Å²) in [7, 11) is 0. The second-order valence-corrected chi connectivity index (χ2v) is 4.12. The lowest BCUT2D eigenvalue weighted by atomic mass is 9.92. The van der Waals surface area contributed by atoms with Crippen molar-refractivity contribution in [2.24, 2.45) is 10.8 Å². The van der Waals surface area contributed by atoms with Gasteiger partial charge in [-0.2, -0.15) is 5.10 Å². The van der Waals surface area contributed by atoms with Gasteiger partial charge in [-0.15, -0.1) is 0 Å². The van der Waals surface area contributed by atoms with Crippen LogP contribution < -0.4 is 11.2 Å². The van der Waals surface area contributed by atoms with Gasteiger partial charge in [0, 0.05) is 12.8 Å². The van der Waals surface area contributed by atoms with E-state index in [2.05, 4.69) is 22.7 Å². The number of hydrogen-bond acceptors (Lipinski definition) is 3. The lowest BCUT2D eigenvalue weighted by Crippen LogP contribution is -2.26. The highest BCUT2D eigenvalue weighted by Crippen LogP contribution is 2.22. The van der Waals surface area contributed by atoms with Crippen LogP contribution in [0.4, 0.5) is 0 Å². The average molecular weight is 219 g/mol. The minimum absolute atomic E-state index is 0.0119. The number of hydrogen-bond donors (Lipinski definition) is 2. The molecule has 2 rings (SSSR count). The van der Waals surface area contributed by atoms with Gasteiger partial charge in [-0.05, 0) is 31.4 Å². The Balaban J connectivity index is 2.09. The van der Waals surface area contributed by atoms with Gasteiger partial charge in [-0.25, -0.2) is 5.43 Å². The third-order valence-corrected chi connectivity index (χ3v) is 2.89. The maximum absolute atomic E-state index is 11.0. The number of carbonyl (C=O) groups excluding carboxylic acids is 1. The topological polar surface area (TPSA) is 67.5 Å². The Morgan fingerprint density at radius 1 is 1.38 bits per heavy atom. The molecule has 0 bridgehead atoms. The average Bonchev–Trinajstić information content (AvgIpc) is 2.31. The van der Waals surface area contributed by atoms with Crippen molar-refractivity contribution in [1.29, 1.82) is 0 Å². The largest absolute Gasteiger partial charge is 0.330 e. The van der Waals surface area contributed by atoms with Gasteiger partial charge in [-0.1, -0.05) is 17.7 Å². The Labute approximate surface area is 95.3 Å². The number of hydrazone groups is 1. The van der Waals surface area contributed by atoms with E-state index >= 15 is 0 Å². The molecular weight excluding hydrogens is 202 g/mol. The van der Waals surface area contributed by atoms with E-state index in [4.69, 9.17) is 5.73 Å². The molecule has 1 amide bonds. The standard InChI is InChI=1S/C12H17N3O/c13-7-6-9-2-1-3-10(8-9)11-4-5-12(16)15-14-11/h2,8H,1,3-7,13H2,(H,15,16). The highest BCUT2D eigenvalue weighted by molar-refractivity contribution is 6.04. The molecule has 2 aliphatic rings. The minimum atomic E-state index is 0.0119.